The highest BCUT2D eigenvalue weighted by Crippen LogP contribution is 2.67. The summed E-state index contributed by atoms with van der Waals surface area (Å²) in [6, 6.07) is 36.2. The molecule has 4 unspecified atom stereocenters. The van der Waals surface area contributed by atoms with E-state index in [4.69, 9.17) is 1.37 Å². The standard InChI is InChI=1S/C21H26N.2C21H28N.C19H22N/c1-14-8-6-7-9-15(14)19-12-16-17-10-11-21(4,20(17,2)3)18(16)13-22(19)5;1-14-8-9-16(15(2)10-14)19-11-17-18(12-22(19)7)21(5,6)13-20(17,3)4;1-14-8-9-16(15(2)12-14)19-18-17(10-11-22(19)7)20(3,4)13-21(18,5)6;1-12-4-7-16(13(2)10-12)19-18-15-6-5-14(11-15)17(18)8-9-20(19)3/h6-9,12-13,17H,10-11H2,1-5H3;2*8-12H,13H2,1-7H3;4,7-10,14-15H,5-6,11H2,1-3H3/q4*+1/i6D,17D;;;. The van der Waals surface area contributed by atoms with Crippen molar-refractivity contribution in [1.29, 1.82) is 0 Å². The van der Waals surface area contributed by atoms with Gasteiger partial charge in [-0.1, -0.05) is 147 Å². The minimum absolute atomic E-state index is 0.0476. The quantitative estimate of drug-likeness (QED) is 0.156. The number of nitrogens with zero attached hydrogens (tertiary/aromatic N) is 4. The van der Waals surface area contributed by atoms with Crippen LogP contribution in [0.5, 0.6) is 0 Å². The van der Waals surface area contributed by atoms with Crippen LogP contribution in [0.25, 0.3) is 45.0 Å². The number of hydrogen-bond acceptors (Lipinski definition) is 0. The highest BCUT2D eigenvalue weighted by Gasteiger charge is 2.60. The first-order chi connectivity index (χ1) is 41.0. The summed E-state index contributed by atoms with van der Waals surface area (Å²) in [6.07, 6.45) is 17.8. The molecule has 86 heavy (non-hydrogen) atoms. The van der Waals surface area contributed by atoms with Gasteiger partial charge < -0.3 is 0 Å². The highest BCUT2D eigenvalue weighted by atomic mass is 14.9. The van der Waals surface area contributed by atoms with Gasteiger partial charge in [0.15, 0.2) is 24.8 Å². The monoisotopic (exact) mass is 1150 g/mol. The average Bonchev–Trinajstić information content (AvgIpc) is 1.51. The molecule has 0 spiro atoms. The summed E-state index contributed by atoms with van der Waals surface area (Å²) < 4.78 is 26.2. The Hall–Kier alpha value is -6.52. The zero-order valence-corrected chi connectivity index (χ0v) is 56.9. The van der Waals surface area contributed by atoms with Crippen molar-refractivity contribution in [2.45, 2.75) is 214 Å². The number of aryl methyl sites for hydroxylation is 11. The molecule has 0 aliphatic heterocycles. The maximum Gasteiger partial charge on any atom is 0.216 e. The Balaban J connectivity index is 0.000000121. The molecule has 4 nitrogen and oxygen atoms in total. The molecule has 4 heteroatoms. The van der Waals surface area contributed by atoms with Crippen molar-refractivity contribution < 1.29 is 21.0 Å². The van der Waals surface area contributed by atoms with Crippen molar-refractivity contribution >= 4 is 0 Å². The largest absolute Gasteiger partial charge is 0.216 e. The van der Waals surface area contributed by atoms with Crippen LogP contribution in [0.4, 0.5) is 0 Å². The first kappa shape index (κ1) is 58.5. The molecule has 4 heterocycles. The number of rotatable bonds is 4. The topological polar surface area (TPSA) is 15.5 Å². The van der Waals surface area contributed by atoms with Gasteiger partial charge in [-0.15, -0.1) is 0 Å². The van der Waals surface area contributed by atoms with Crippen LogP contribution in [-0.4, -0.2) is 0 Å². The van der Waals surface area contributed by atoms with Crippen LogP contribution in [0, 0.1) is 53.9 Å². The molecule has 4 bridgehead atoms. The molecule has 2 fully saturated rings. The fourth-order valence-electron chi connectivity index (χ4n) is 18.1. The lowest BCUT2D eigenvalue weighted by molar-refractivity contribution is -0.661. The van der Waals surface area contributed by atoms with Crippen LogP contribution < -0.4 is 18.3 Å². The summed E-state index contributed by atoms with van der Waals surface area (Å²) in [4.78, 5) is 0. The fourth-order valence-corrected chi connectivity index (χ4v) is 18.1. The second-order valence-corrected chi connectivity index (χ2v) is 31.1. The Morgan fingerprint density at radius 1 is 0.442 bits per heavy atom. The lowest BCUT2D eigenvalue weighted by Crippen LogP contribution is -2.36. The second-order valence-electron chi connectivity index (χ2n) is 31.1. The van der Waals surface area contributed by atoms with Gasteiger partial charge in [-0.25, -0.2) is 18.3 Å². The fraction of sp³-hybridized carbons (Fsp3) is 0.463. The third-order valence-electron chi connectivity index (χ3n) is 22.4. The van der Waals surface area contributed by atoms with Crippen molar-refractivity contribution in [3.05, 3.63) is 211 Å². The minimum Gasteiger partial charge on any atom is -0.201 e. The molecule has 448 valence electrons. The summed E-state index contributed by atoms with van der Waals surface area (Å²) in [5.74, 6) is 1.14. The third-order valence-corrected chi connectivity index (χ3v) is 22.4. The zero-order chi connectivity index (χ0) is 63.9. The Labute approximate surface area is 522 Å². The predicted molar refractivity (Wildman–Crippen MR) is 359 cm³/mol. The lowest BCUT2D eigenvalue weighted by atomic mass is 9.69. The van der Waals surface area contributed by atoms with Crippen molar-refractivity contribution in [2.24, 2.45) is 33.6 Å². The van der Waals surface area contributed by atoms with E-state index >= 15 is 0 Å². The van der Waals surface area contributed by atoms with E-state index in [1.807, 2.05) is 18.2 Å². The predicted octanol–water partition coefficient (Wildman–Crippen LogP) is 18.3. The second kappa shape index (κ2) is 21.7. The van der Waals surface area contributed by atoms with Crippen LogP contribution in [0.1, 0.15) is 225 Å². The van der Waals surface area contributed by atoms with E-state index in [1.165, 1.54) is 133 Å². The maximum absolute atomic E-state index is 9.26. The molecular formula is C82H104N4+4. The molecule has 4 aromatic heterocycles. The molecule has 4 atom stereocenters. The normalized spacial score (nSPS) is 23.1. The van der Waals surface area contributed by atoms with Crippen molar-refractivity contribution in [3.63, 3.8) is 0 Å². The number of aromatic nitrogens is 4. The summed E-state index contributed by atoms with van der Waals surface area (Å²) in [7, 11) is 8.65. The summed E-state index contributed by atoms with van der Waals surface area (Å²) in [6.45, 7) is 41.2. The van der Waals surface area contributed by atoms with Gasteiger partial charge in [-0.05, 0) is 207 Å². The van der Waals surface area contributed by atoms with E-state index in [-0.39, 0.29) is 32.5 Å². The van der Waals surface area contributed by atoms with Crippen molar-refractivity contribution in [1.82, 2.24) is 0 Å². The Bertz CT molecular complexity index is 4130. The number of fused-ring (bicyclic) bond motifs is 12. The molecule has 6 aliphatic carbocycles. The number of benzene rings is 4. The number of pyridine rings is 4. The van der Waals surface area contributed by atoms with Crippen LogP contribution in [0.3, 0.4) is 0 Å². The number of hydrogen-bond donors (Lipinski definition) is 0. The van der Waals surface area contributed by atoms with Gasteiger partial charge in [0.2, 0.25) is 22.8 Å². The molecule has 6 aliphatic rings. The summed E-state index contributed by atoms with van der Waals surface area (Å²) in [5, 5.41) is 0. The SMILES string of the molecule is Cc1ccc(-c2c3c(cc[n+]2C)C(C)(C)CC3(C)C)c(C)c1.Cc1ccc(-c2c3c(cc[n+]2C)C2CCC3C2)c(C)c1.Cc1ccc(-c2cc3c(c[n+]2C)C(C)(C)CC3(C)C)c(C)c1.[2H]c1ccc(-c2cc3c(c[n+]2C)C2(C)CCC3([2H])C2(C)C)c(C)c1. The van der Waals surface area contributed by atoms with Gasteiger partial charge in [-0.2, -0.15) is 0 Å². The van der Waals surface area contributed by atoms with E-state index in [9.17, 15) is 1.37 Å². The van der Waals surface area contributed by atoms with E-state index in [1.54, 1.807) is 11.1 Å². The Morgan fingerprint density at radius 3 is 1.55 bits per heavy atom. The molecule has 0 radical (unpaired) electrons. The van der Waals surface area contributed by atoms with E-state index in [0.717, 1.165) is 41.5 Å². The molecule has 4 aromatic carbocycles. The van der Waals surface area contributed by atoms with Gasteiger partial charge in [0, 0.05) is 75.6 Å². The minimum atomic E-state index is -0.497. The zero-order valence-electron chi connectivity index (χ0n) is 58.9. The van der Waals surface area contributed by atoms with Gasteiger partial charge in [0.1, 0.15) is 28.2 Å². The maximum atomic E-state index is 9.26. The Kier molecular flexibility index (Phi) is 14.7. The van der Waals surface area contributed by atoms with Gasteiger partial charge in [0.05, 0.1) is 1.37 Å². The lowest BCUT2D eigenvalue weighted by Gasteiger charge is -2.34. The third kappa shape index (κ3) is 10.3. The molecule has 8 aromatic rings. The van der Waals surface area contributed by atoms with E-state index in [2.05, 4.69) is 275 Å². The molecular weight excluding hydrogens is 1040 g/mol. The van der Waals surface area contributed by atoms with Crippen molar-refractivity contribution in [2.75, 3.05) is 0 Å². The first-order valence-corrected chi connectivity index (χ1v) is 32.5. The Morgan fingerprint density at radius 2 is 0.942 bits per heavy atom. The van der Waals surface area contributed by atoms with E-state index < -0.39 is 5.89 Å². The van der Waals surface area contributed by atoms with Crippen LogP contribution in [-0.2, 0) is 55.3 Å². The summed E-state index contributed by atoms with van der Waals surface area (Å²) >= 11 is 0. The molecule has 0 amide bonds. The molecule has 2 saturated carbocycles. The van der Waals surface area contributed by atoms with Gasteiger partial charge in [-0.3, -0.25) is 0 Å². The van der Waals surface area contributed by atoms with Crippen molar-refractivity contribution in [3.8, 4) is 45.0 Å². The average molecular weight is 1150 g/mol. The summed E-state index contributed by atoms with van der Waals surface area (Å²) in [5.41, 5.74) is 32.8. The van der Waals surface area contributed by atoms with Gasteiger partial charge in [0.25, 0.3) is 0 Å². The highest BCUT2D eigenvalue weighted by molar-refractivity contribution is 5.71. The molecule has 14 rings (SSSR count). The van der Waals surface area contributed by atoms with Crippen LogP contribution >= 0.6 is 0 Å². The van der Waals surface area contributed by atoms with Crippen LogP contribution in [0.2, 0.25) is 0 Å². The molecule has 0 N–H and O–H groups in total. The van der Waals surface area contributed by atoms with Gasteiger partial charge >= 0.3 is 0 Å². The smallest absolute Gasteiger partial charge is 0.201 e. The van der Waals surface area contributed by atoms with E-state index in [0.29, 0.717) is 6.04 Å². The van der Waals surface area contributed by atoms with Crippen LogP contribution in [0.15, 0.2) is 128 Å². The molecule has 0 saturated heterocycles. The first-order valence-electron chi connectivity index (χ1n) is 33.5.